The van der Waals surface area contributed by atoms with Gasteiger partial charge in [-0.15, -0.1) is 0 Å². The van der Waals surface area contributed by atoms with E-state index in [4.69, 9.17) is 0 Å². The summed E-state index contributed by atoms with van der Waals surface area (Å²) in [7, 11) is 0. The van der Waals surface area contributed by atoms with E-state index in [0.29, 0.717) is 5.82 Å². The molecule has 1 aliphatic carbocycles. The SMILES string of the molecule is Cc1cc(N2C(=O)C3CCCCC3C2=O)n[nH]1. The molecular formula is C12H15N3O2. The van der Waals surface area contributed by atoms with Crippen molar-refractivity contribution in [2.24, 2.45) is 11.8 Å². The molecule has 17 heavy (non-hydrogen) atoms. The van der Waals surface area contributed by atoms with Crippen LogP contribution in [0.2, 0.25) is 0 Å². The molecule has 1 N–H and O–H groups in total. The Balaban J connectivity index is 1.95. The Morgan fingerprint density at radius 2 is 1.82 bits per heavy atom. The number of carbonyl (C=O) groups is 2. The quantitative estimate of drug-likeness (QED) is 0.745. The zero-order valence-electron chi connectivity index (χ0n) is 9.77. The molecule has 0 spiro atoms. The van der Waals surface area contributed by atoms with E-state index in [1.807, 2.05) is 6.92 Å². The van der Waals surface area contributed by atoms with Crippen molar-refractivity contribution in [2.75, 3.05) is 4.90 Å². The van der Waals surface area contributed by atoms with Crippen LogP contribution in [-0.4, -0.2) is 22.0 Å². The van der Waals surface area contributed by atoms with Gasteiger partial charge in [0, 0.05) is 11.8 Å². The Labute approximate surface area is 99.2 Å². The number of imide groups is 1. The van der Waals surface area contributed by atoms with Gasteiger partial charge in [0.2, 0.25) is 11.8 Å². The summed E-state index contributed by atoms with van der Waals surface area (Å²) in [5.41, 5.74) is 0.857. The summed E-state index contributed by atoms with van der Waals surface area (Å²) in [4.78, 5) is 25.7. The molecule has 3 rings (SSSR count). The van der Waals surface area contributed by atoms with Crippen LogP contribution in [0.1, 0.15) is 31.4 Å². The fraction of sp³-hybridized carbons (Fsp3) is 0.583. The maximum atomic E-state index is 12.2. The molecule has 90 valence electrons. The van der Waals surface area contributed by atoms with Gasteiger partial charge in [0.25, 0.3) is 0 Å². The van der Waals surface area contributed by atoms with Crippen LogP contribution in [0.15, 0.2) is 6.07 Å². The van der Waals surface area contributed by atoms with Crippen molar-refractivity contribution in [3.8, 4) is 0 Å². The van der Waals surface area contributed by atoms with Crippen LogP contribution in [0.4, 0.5) is 5.82 Å². The average Bonchev–Trinajstić information content (AvgIpc) is 2.84. The van der Waals surface area contributed by atoms with E-state index in [-0.39, 0.29) is 23.7 Å². The van der Waals surface area contributed by atoms with Gasteiger partial charge < -0.3 is 0 Å². The molecule has 2 aliphatic rings. The molecule has 0 bridgehead atoms. The van der Waals surface area contributed by atoms with Crippen LogP contribution in [-0.2, 0) is 9.59 Å². The summed E-state index contributed by atoms with van der Waals surface area (Å²) < 4.78 is 0. The standard InChI is InChI=1S/C12H15N3O2/c1-7-6-10(14-13-7)15-11(16)8-4-2-3-5-9(8)12(15)17/h6,8-9H,2-5H2,1H3,(H,13,14). The highest BCUT2D eigenvalue weighted by molar-refractivity contribution is 6.21. The molecule has 2 fully saturated rings. The average molecular weight is 233 g/mol. The molecular weight excluding hydrogens is 218 g/mol. The fourth-order valence-electron chi connectivity index (χ4n) is 2.91. The molecule has 1 aliphatic heterocycles. The lowest BCUT2D eigenvalue weighted by atomic mass is 9.81. The predicted octanol–water partition coefficient (Wildman–Crippen LogP) is 1.40. The van der Waals surface area contributed by atoms with Gasteiger partial charge in [-0.1, -0.05) is 12.8 Å². The second kappa shape index (κ2) is 3.68. The first-order valence-electron chi connectivity index (χ1n) is 6.08. The van der Waals surface area contributed by atoms with E-state index in [1.54, 1.807) is 6.07 Å². The van der Waals surface area contributed by atoms with Crippen LogP contribution in [0, 0.1) is 18.8 Å². The largest absolute Gasteiger partial charge is 0.281 e. The van der Waals surface area contributed by atoms with Crippen LogP contribution < -0.4 is 4.90 Å². The maximum Gasteiger partial charge on any atom is 0.238 e. The summed E-state index contributed by atoms with van der Waals surface area (Å²) in [5, 5.41) is 6.79. The third kappa shape index (κ3) is 1.49. The van der Waals surface area contributed by atoms with Crippen LogP contribution in [0.25, 0.3) is 0 Å². The lowest BCUT2D eigenvalue weighted by Crippen LogP contribution is -2.31. The van der Waals surface area contributed by atoms with Crippen molar-refractivity contribution >= 4 is 17.6 Å². The third-order valence-corrected chi connectivity index (χ3v) is 3.76. The molecule has 1 aromatic heterocycles. The second-order valence-electron chi connectivity index (χ2n) is 4.92. The summed E-state index contributed by atoms with van der Waals surface area (Å²) >= 11 is 0. The van der Waals surface area contributed by atoms with E-state index in [1.165, 1.54) is 4.90 Å². The van der Waals surface area contributed by atoms with Crippen molar-refractivity contribution in [1.82, 2.24) is 10.2 Å². The fourth-order valence-corrected chi connectivity index (χ4v) is 2.91. The van der Waals surface area contributed by atoms with Gasteiger partial charge in [0.15, 0.2) is 5.82 Å². The number of anilines is 1. The van der Waals surface area contributed by atoms with Gasteiger partial charge in [-0.2, -0.15) is 5.10 Å². The van der Waals surface area contributed by atoms with Crippen molar-refractivity contribution in [1.29, 1.82) is 0 Å². The minimum absolute atomic E-state index is 0.0637. The topological polar surface area (TPSA) is 66.1 Å². The number of fused-ring (bicyclic) bond motifs is 1. The maximum absolute atomic E-state index is 12.2. The number of aromatic amines is 1. The van der Waals surface area contributed by atoms with E-state index in [2.05, 4.69) is 10.2 Å². The molecule has 1 saturated carbocycles. The van der Waals surface area contributed by atoms with Gasteiger partial charge >= 0.3 is 0 Å². The molecule has 0 aromatic carbocycles. The number of rotatable bonds is 1. The molecule has 1 aromatic rings. The Kier molecular flexibility index (Phi) is 2.28. The summed E-state index contributed by atoms with van der Waals surface area (Å²) in [6, 6.07) is 1.74. The summed E-state index contributed by atoms with van der Waals surface area (Å²) in [5.74, 6) is 0.116. The Hall–Kier alpha value is -1.65. The number of amides is 2. The van der Waals surface area contributed by atoms with Crippen molar-refractivity contribution < 1.29 is 9.59 Å². The smallest absolute Gasteiger partial charge is 0.238 e. The van der Waals surface area contributed by atoms with Gasteiger partial charge in [-0.05, 0) is 19.8 Å². The number of carbonyl (C=O) groups excluding carboxylic acids is 2. The zero-order chi connectivity index (χ0) is 12.0. The van der Waals surface area contributed by atoms with E-state index < -0.39 is 0 Å². The Bertz CT molecular complexity index is 456. The minimum atomic E-state index is -0.103. The first-order chi connectivity index (χ1) is 8.18. The molecule has 2 amide bonds. The van der Waals surface area contributed by atoms with Crippen LogP contribution in [0.3, 0.4) is 0 Å². The molecule has 5 nitrogen and oxygen atoms in total. The number of nitrogens with zero attached hydrogens (tertiary/aromatic N) is 2. The number of aryl methyl sites for hydroxylation is 1. The van der Waals surface area contributed by atoms with Crippen LogP contribution in [0.5, 0.6) is 0 Å². The Morgan fingerprint density at radius 1 is 1.24 bits per heavy atom. The number of aromatic nitrogens is 2. The molecule has 2 heterocycles. The van der Waals surface area contributed by atoms with Gasteiger partial charge in [0.05, 0.1) is 11.8 Å². The van der Waals surface area contributed by atoms with Crippen LogP contribution >= 0.6 is 0 Å². The van der Waals surface area contributed by atoms with Gasteiger partial charge in [-0.3, -0.25) is 14.7 Å². The van der Waals surface area contributed by atoms with Gasteiger partial charge in [0.1, 0.15) is 0 Å². The van der Waals surface area contributed by atoms with Crippen molar-refractivity contribution in [3.05, 3.63) is 11.8 Å². The highest BCUT2D eigenvalue weighted by Gasteiger charge is 2.49. The molecule has 0 radical (unpaired) electrons. The highest BCUT2D eigenvalue weighted by atomic mass is 16.2. The zero-order valence-corrected chi connectivity index (χ0v) is 9.77. The summed E-state index contributed by atoms with van der Waals surface area (Å²) in [6.07, 6.45) is 3.78. The normalized spacial score (nSPS) is 28.6. The monoisotopic (exact) mass is 233 g/mol. The summed E-state index contributed by atoms with van der Waals surface area (Å²) in [6.45, 7) is 1.86. The van der Waals surface area contributed by atoms with E-state index in [9.17, 15) is 9.59 Å². The second-order valence-corrected chi connectivity index (χ2v) is 4.92. The van der Waals surface area contributed by atoms with Gasteiger partial charge in [-0.25, -0.2) is 4.90 Å². The Morgan fingerprint density at radius 3 is 2.29 bits per heavy atom. The predicted molar refractivity (Wildman–Crippen MR) is 61.3 cm³/mol. The molecule has 2 unspecified atom stereocenters. The number of H-pyrrole nitrogens is 1. The van der Waals surface area contributed by atoms with E-state index >= 15 is 0 Å². The number of hydrogen-bond acceptors (Lipinski definition) is 3. The third-order valence-electron chi connectivity index (χ3n) is 3.76. The first kappa shape index (κ1) is 10.5. The first-order valence-corrected chi connectivity index (χ1v) is 6.08. The molecule has 5 heteroatoms. The lowest BCUT2D eigenvalue weighted by Gasteiger charge is -2.19. The molecule has 1 saturated heterocycles. The number of hydrogen-bond donors (Lipinski definition) is 1. The molecule has 2 atom stereocenters. The van der Waals surface area contributed by atoms with E-state index in [0.717, 1.165) is 31.4 Å². The minimum Gasteiger partial charge on any atom is -0.281 e. The lowest BCUT2D eigenvalue weighted by molar-refractivity contribution is -0.122. The van der Waals surface area contributed by atoms with Crippen molar-refractivity contribution in [2.45, 2.75) is 32.6 Å². The number of nitrogens with one attached hydrogen (secondary N) is 1. The highest BCUT2D eigenvalue weighted by Crippen LogP contribution is 2.39. The van der Waals surface area contributed by atoms with Crippen molar-refractivity contribution in [3.63, 3.8) is 0 Å².